The average molecular weight is 278 g/mol. The van der Waals surface area contributed by atoms with Crippen LogP contribution in [0.15, 0.2) is 24.3 Å². The van der Waals surface area contributed by atoms with Crippen LogP contribution < -0.4 is 0 Å². The topological polar surface area (TPSA) is 35.5 Å². The van der Waals surface area contributed by atoms with Crippen molar-refractivity contribution < 1.29 is 14.6 Å². The standard InChI is InChI=1S/C17H26O3/c1-4-6-7-8-9-15-10-12-16(13-11-15)17(18)20-19-14(3)5-2/h10-14H,4-9H2,1-3H3. The van der Waals surface area contributed by atoms with E-state index < -0.39 is 5.97 Å². The lowest BCUT2D eigenvalue weighted by Gasteiger charge is -2.09. The summed E-state index contributed by atoms with van der Waals surface area (Å²) in [5.41, 5.74) is 1.80. The van der Waals surface area contributed by atoms with E-state index >= 15 is 0 Å². The summed E-state index contributed by atoms with van der Waals surface area (Å²) >= 11 is 0. The molecule has 0 spiro atoms. The van der Waals surface area contributed by atoms with Crippen molar-refractivity contribution in [1.29, 1.82) is 0 Å². The van der Waals surface area contributed by atoms with Crippen molar-refractivity contribution in [3.63, 3.8) is 0 Å². The molecule has 0 aliphatic heterocycles. The fourth-order valence-electron chi connectivity index (χ4n) is 1.81. The van der Waals surface area contributed by atoms with Crippen molar-refractivity contribution in [2.45, 2.75) is 65.4 Å². The first-order valence-corrected chi connectivity index (χ1v) is 7.64. The highest BCUT2D eigenvalue weighted by atomic mass is 17.2. The molecule has 20 heavy (non-hydrogen) atoms. The van der Waals surface area contributed by atoms with Crippen LogP contribution in [0.2, 0.25) is 0 Å². The summed E-state index contributed by atoms with van der Waals surface area (Å²) in [7, 11) is 0. The Labute approximate surface area is 122 Å². The molecular weight excluding hydrogens is 252 g/mol. The number of unbranched alkanes of at least 4 members (excludes halogenated alkanes) is 3. The van der Waals surface area contributed by atoms with Gasteiger partial charge in [-0.15, -0.1) is 0 Å². The summed E-state index contributed by atoms with van der Waals surface area (Å²) in [4.78, 5) is 21.5. The molecule has 1 rings (SSSR count). The van der Waals surface area contributed by atoms with Crippen molar-refractivity contribution in [1.82, 2.24) is 0 Å². The Balaban J connectivity index is 2.39. The number of carbonyl (C=O) groups excluding carboxylic acids is 1. The van der Waals surface area contributed by atoms with Gasteiger partial charge in [0.2, 0.25) is 0 Å². The molecular formula is C17H26O3. The number of carbonyl (C=O) groups is 1. The predicted octanol–water partition coefficient (Wildman–Crippen LogP) is 4.70. The summed E-state index contributed by atoms with van der Waals surface area (Å²) in [5.74, 6) is -0.428. The molecule has 0 radical (unpaired) electrons. The van der Waals surface area contributed by atoms with Gasteiger partial charge in [-0.25, -0.2) is 4.79 Å². The quantitative estimate of drug-likeness (QED) is 0.373. The van der Waals surface area contributed by atoms with Gasteiger partial charge in [-0.2, -0.15) is 4.89 Å². The SMILES string of the molecule is CCCCCCc1ccc(C(=O)OOC(C)CC)cc1. The van der Waals surface area contributed by atoms with Crippen molar-refractivity contribution >= 4 is 5.97 Å². The monoisotopic (exact) mass is 278 g/mol. The first kappa shape index (κ1) is 16.7. The van der Waals surface area contributed by atoms with E-state index in [1.54, 1.807) is 12.1 Å². The molecule has 0 saturated heterocycles. The third-order valence-electron chi connectivity index (χ3n) is 3.37. The second kappa shape index (κ2) is 9.54. The summed E-state index contributed by atoms with van der Waals surface area (Å²) in [6.07, 6.45) is 6.82. The summed E-state index contributed by atoms with van der Waals surface area (Å²) in [5, 5.41) is 0. The van der Waals surface area contributed by atoms with E-state index in [9.17, 15) is 4.79 Å². The zero-order valence-corrected chi connectivity index (χ0v) is 12.9. The molecule has 0 bridgehead atoms. The zero-order valence-electron chi connectivity index (χ0n) is 12.9. The fraction of sp³-hybridized carbons (Fsp3) is 0.588. The number of benzene rings is 1. The van der Waals surface area contributed by atoms with Gasteiger partial charge in [-0.1, -0.05) is 45.2 Å². The highest BCUT2D eigenvalue weighted by Gasteiger charge is 2.10. The Morgan fingerprint density at radius 2 is 1.80 bits per heavy atom. The maximum atomic E-state index is 11.7. The van der Waals surface area contributed by atoms with Crippen LogP contribution in [-0.2, 0) is 16.2 Å². The Kier molecular flexibility index (Phi) is 7.97. The zero-order chi connectivity index (χ0) is 14.8. The van der Waals surface area contributed by atoms with Crippen LogP contribution in [0.3, 0.4) is 0 Å². The molecule has 0 aliphatic carbocycles. The first-order valence-electron chi connectivity index (χ1n) is 7.64. The smallest absolute Gasteiger partial charge is 0.293 e. The lowest BCUT2D eigenvalue weighted by atomic mass is 10.0. The van der Waals surface area contributed by atoms with E-state index in [0.717, 1.165) is 12.8 Å². The van der Waals surface area contributed by atoms with E-state index in [1.165, 1.54) is 31.2 Å². The number of aryl methyl sites for hydroxylation is 1. The molecule has 0 heterocycles. The molecule has 0 aromatic heterocycles. The molecule has 1 aromatic rings. The van der Waals surface area contributed by atoms with E-state index in [-0.39, 0.29) is 6.10 Å². The van der Waals surface area contributed by atoms with Crippen LogP contribution >= 0.6 is 0 Å². The molecule has 3 heteroatoms. The van der Waals surface area contributed by atoms with Crippen LogP contribution in [0, 0.1) is 0 Å². The van der Waals surface area contributed by atoms with Gasteiger partial charge in [0.1, 0.15) is 6.10 Å². The van der Waals surface area contributed by atoms with Crippen LogP contribution in [0.1, 0.15) is 68.8 Å². The molecule has 0 saturated carbocycles. The van der Waals surface area contributed by atoms with Gasteiger partial charge in [0.15, 0.2) is 0 Å². The molecule has 112 valence electrons. The van der Waals surface area contributed by atoms with Crippen molar-refractivity contribution in [3.05, 3.63) is 35.4 Å². The Bertz CT molecular complexity index is 384. The largest absolute Gasteiger partial charge is 0.373 e. The third-order valence-corrected chi connectivity index (χ3v) is 3.37. The second-order valence-electron chi connectivity index (χ2n) is 5.19. The average Bonchev–Trinajstić information content (AvgIpc) is 2.49. The fourth-order valence-corrected chi connectivity index (χ4v) is 1.81. The molecule has 1 aromatic carbocycles. The summed E-state index contributed by atoms with van der Waals surface area (Å²) in [6, 6.07) is 7.59. The number of rotatable bonds is 9. The maximum absolute atomic E-state index is 11.7. The first-order chi connectivity index (χ1) is 9.67. The number of hydrogen-bond acceptors (Lipinski definition) is 3. The summed E-state index contributed by atoms with van der Waals surface area (Å²) < 4.78 is 0. The van der Waals surface area contributed by atoms with Gasteiger partial charge in [0.05, 0.1) is 5.56 Å². The minimum Gasteiger partial charge on any atom is -0.293 e. The predicted molar refractivity (Wildman–Crippen MR) is 80.5 cm³/mol. The highest BCUT2D eigenvalue weighted by Crippen LogP contribution is 2.11. The Morgan fingerprint density at radius 3 is 2.40 bits per heavy atom. The highest BCUT2D eigenvalue weighted by molar-refractivity contribution is 5.88. The third kappa shape index (κ3) is 6.20. The molecule has 1 atom stereocenters. The second-order valence-corrected chi connectivity index (χ2v) is 5.19. The Morgan fingerprint density at radius 1 is 1.10 bits per heavy atom. The molecule has 0 aliphatic rings. The number of hydrogen-bond donors (Lipinski definition) is 0. The van der Waals surface area contributed by atoms with E-state index in [2.05, 4.69) is 6.92 Å². The molecule has 0 N–H and O–H groups in total. The molecule has 3 nitrogen and oxygen atoms in total. The summed E-state index contributed by atoms with van der Waals surface area (Å²) in [6.45, 7) is 6.06. The minimum absolute atomic E-state index is 0.0724. The van der Waals surface area contributed by atoms with Crippen molar-refractivity contribution in [2.24, 2.45) is 0 Å². The Hall–Kier alpha value is -1.35. The molecule has 0 fully saturated rings. The lowest BCUT2D eigenvalue weighted by molar-refractivity contribution is -0.270. The van der Waals surface area contributed by atoms with E-state index in [4.69, 9.17) is 9.78 Å². The minimum atomic E-state index is -0.428. The van der Waals surface area contributed by atoms with Crippen molar-refractivity contribution in [2.75, 3.05) is 0 Å². The van der Waals surface area contributed by atoms with Gasteiger partial charge in [-0.3, -0.25) is 4.89 Å². The van der Waals surface area contributed by atoms with Gasteiger partial charge in [-0.05, 0) is 43.9 Å². The normalized spacial score (nSPS) is 12.2. The maximum Gasteiger partial charge on any atom is 0.373 e. The van der Waals surface area contributed by atoms with Crippen LogP contribution in [0.5, 0.6) is 0 Å². The van der Waals surface area contributed by atoms with E-state index in [1.807, 2.05) is 26.0 Å². The molecule has 0 amide bonds. The van der Waals surface area contributed by atoms with Gasteiger partial charge in [0.25, 0.3) is 0 Å². The van der Waals surface area contributed by atoms with Gasteiger partial charge in [0, 0.05) is 0 Å². The van der Waals surface area contributed by atoms with E-state index in [0.29, 0.717) is 5.56 Å². The van der Waals surface area contributed by atoms with Crippen LogP contribution in [-0.4, -0.2) is 12.1 Å². The van der Waals surface area contributed by atoms with Crippen LogP contribution in [0.25, 0.3) is 0 Å². The van der Waals surface area contributed by atoms with Crippen molar-refractivity contribution in [3.8, 4) is 0 Å². The lowest BCUT2D eigenvalue weighted by Crippen LogP contribution is -2.12. The van der Waals surface area contributed by atoms with Gasteiger partial charge >= 0.3 is 5.97 Å². The molecule has 1 unspecified atom stereocenters. The van der Waals surface area contributed by atoms with Crippen LogP contribution in [0.4, 0.5) is 0 Å². The van der Waals surface area contributed by atoms with Gasteiger partial charge < -0.3 is 0 Å².